The molecular weight excluding hydrogens is 220 g/mol. The van der Waals surface area contributed by atoms with E-state index in [0.29, 0.717) is 5.56 Å². The number of carbonyl (C=O) groups excluding carboxylic acids is 2. The van der Waals surface area contributed by atoms with Gasteiger partial charge in [-0.15, -0.1) is 0 Å². The molecule has 2 rings (SSSR count). The fourth-order valence-corrected chi connectivity index (χ4v) is 1.35. The van der Waals surface area contributed by atoms with Crippen molar-refractivity contribution in [3.8, 4) is 0 Å². The zero-order valence-electron chi connectivity index (χ0n) is 9.14. The minimum atomic E-state index is -0.636. The largest absolute Gasteiger partial charge is 0.420 e. The molecule has 0 fully saturated rings. The van der Waals surface area contributed by atoms with Gasteiger partial charge in [0.2, 0.25) is 5.76 Å². The van der Waals surface area contributed by atoms with Crippen molar-refractivity contribution in [2.24, 2.45) is 10.7 Å². The maximum atomic E-state index is 11.8. The number of hydrogen-bond donors (Lipinski definition) is 1. The van der Waals surface area contributed by atoms with Crippen LogP contribution in [0, 0.1) is 6.92 Å². The lowest BCUT2D eigenvalue weighted by molar-refractivity contribution is -0.115. The average molecular weight is 230 g/mol. The van der Waals surface area contributed by atoms with Gasteiger partial charge in [0, 0.05) is 11.6 Å². The van der Waals surface area contributed by atoms with Crippen LogP contribution in [-0.2, 0) is 9.53 Å². The van der Waals surface area contributed by atoms with E-state index in [0.717, 1.165) is 11.6 Å². The molecule has 2 N–H and O–H groups in total. The first kappa shape index (κ1) is 11.1. The zero-order chi connectivity index (χ0) is 12.4. The van der Waals surface area contributed by atoms with E-state index in [9.17, 15) is 9.59 Å². The Hall–Kier alpha value is -2.43. The van der Waals surface area contributed by atoms with Crippen LogP contribution in [0.25, 0.3) is 0 Å². The third-order valence-electron chi connectivity index (χ3n) is 2.24. The number of ketones is 1. The number of rotatable bonds is 2. The van der Waals surface area contributed by atoms with E-state index in [2.05, 4.69) is 4.99 Å². The number of carbonyl (C=O) groups is 2. The lowest BCUT2D eigenvalue weighted by atomic mass is 10.1. The number of hydrogen-bond acceptors (Lipinski definition) is 4. The first-order valence-electron chi connectivity index (χ1n) is 4.95. The number of nitrogens with two attached hydrogens (primary N) is 1. The summed E-state index contributed by atoms with van der Waals surface area (Å²) >= 11 is 0. The van der Waals surface area contributed by atoms with E-state index in [1.54, 1.807) is 12.1 Å². The fraction of sp³-hybridized carbons (Fsp3) is 0.0833. The van der Waals surface area contributed by atoms with Crippen LogP contribution < -0.4 is 5.73 Å². The van der Waals surface area contributed by atoms with Gasteiger partial charge in [-0.25, -0.2) is 0 Å². The van der Waals surface area contributed by atoms with Gasteiger partial charge in [-0.3, -0.25) is 9.59 Å². The van der Waals surface area contributed by atoms with E-state index >= 15 is 0 Å². The van der Waals surface area contributed by atoms with Crippen LogP contribution in [-0.4, -0.2) is 17.7 Å². The number of ether oxygens (including phenoxy) is 1. The maximum absolute atomic E-state index is 11.8. The van der Waals surface area contributed by atoms with Gasteiger partial charge in [0.1, 0.15) is 0 Å². The Morgan fingerprint density at radius 1 is 1.35 bits per heavy atom. The number of aryl methyl sites for hydroxylation is 1. The second kappa shape index (κ2) is 4.21. The highest BCUT2D eigenvalue weighted by Gasteiger charge is 2.21. The van der Waals surface area contributed by atoms with Crippen LogP contribution in [0.3, 0.4) is 0 Å². The Kier molecular flexibility index (Phi) is 2.74. The third-order valence-corrected chi connectivity index (χ3v) is 2.24. The summed E-state index contributed by atoms with van der Waals surface area (Å²) in [5.74, 6) is -1.10. The van der Waals surface area contributed by atoms with Crippen LogP contribution in [0.5, 0.6) is 0 Å². The lowest BCUT2D eigenvalue weighted by Crippen LogP contribution is -2.10. The number of nitrogens with zero attached hydrogens (tertiary/aromatic N) is 1. The van der Waals surface area contributed by atoms with E-state index < -0.39 is 5.91 Å². The Bertz CT molecular complexity index is 541. The molecule has 1 amide bonds. The van der Waals surface area contributed by atoms with Gasteiger partial charge in [-0.2, -0.15) is 4.99 Å². The molecule has 0 aromatic heterocycles. The predicted octanol–water partition coefficient (Wildman–Crippen LogP) is 0.933. The molecule has 1 aromatic rings. The third kappa shape index (κ3) is 2.39. The summed E-state index contributed by atoms with van der Waals surface area (Å²) in [4.78, 5) is 26.3. The Labute approximate surface area is 97.6 Å². The standard InChI is InChI=1S/C12H10N2O3/c1-7-2-4-8(5-3-7)9(15)6-10-11(16)14-12(13)17-10/h2-6H,1H3,(H2,13,14,16)/b10-6-. The van der Waals surface area contributed by atoms with Crippen molar-refractivity contribution in [2.45, 2.75) is 6.92 Å². The normalized spacial score (nSPS) is 16.9. The summed E-state index contributed by atoms with van der Waals surface area (Å²) in [5, 5.41) is 0. The van der Waals surface area contributed by atoms with E-state index in [1.165, 1.54) is 0 Å². The van der Waals surface area contributed by atoms with E-state index in [1.807, 2.05) is 19.1 Å². The molecule has 0 unspecified atom stereocenters. The number of amides is 1. The van der Waals surface area contributed by atoms with Crippen LogP contribution in [0.15, 0.2) is 41.1 Å². The van der Waals surface area contributed by atoms with Gasteiger partial charge in [-0.05, 0) is 6.92 Å². The van der Waals surface area contributed by atoms with Gasteiger partial charge >= 0.3 is 5.91 Å². The second-order valence-corrected chi connectivity index (χ2v) is 3.60. The quantitative estimate of drug-likeness (QED) is 0.605. The predicted molar refractivity (Wildman–Crippen MR) is 61.3 cm³/mol. The molecule has 1 aliphatic rings. The van der Waals surface area contributed by atoms with Gasteiger partial charge in [0.05, 0.1) is 0 Å². The molecule has 86 valence electrons. The molecule has 0 saturated heterocycles. The average Bonchev–Trinajstić information content (AvgIpc) is 2.58. The topological polar surface area (TPSA) is 81.8 Å². The maximum Gasteiger partial charge on any atom is 0.317 e. The molecule has 1 heterocycles. The monoisotopic (exact) mass is 230 g/mol. The second-order valence-electron chi connectivity index (χ2n) is 3.60. The molecule has 1 aromatic carbocycles. The molecule has 0 spiro atoms. The van der Waals surface area contributed by atoms with Crippen molar-refractivity contribution in [2.75, 3.05) is 0 Å². The van der Waals surface area contributed by atoms with Crippen molar-refractivity contribution in [1.82, 2.24) is 0 Å². The molecule has 0 bridgehead atoms. The molecule has 17 heavy (non-hydrogen) atoms. The number of amidine groups is 1. The number of allylic oxidation sites excluding steroid dienone is 1. The Morgan fingerprint density at radius 3 is 2.53 bits per heavy atom. The van der Waals surface area contributed by atoms with Gasteiger partial charge in [0.25, 0.3) is 6.02 Å². The minimum Gasteiger partial charge on any atom is -0.420 e. The molecule has 0 atom stereocenters. The number of aliphatic imine (C=N–C) groups is 1. The van der Waals surface area contributed by atoms with Crippen molar-refractivity contribution >= 4 is 17.7 Å². The van der Waals surface area contributed by atoms with Gasteiger partial charge < -0.3 is 10.5 Å². The summed E-state index contributed by atoms with van der Waals surface area (Å²) in [6, 6.07) is 6.75. The first-order valence-corrected chi connectivity index (χ1v) is 4.95. The Balaban J connectivity index is 2.20. The van der Waals surface area contributed by atoms with Crippen molar-refractivity contribution in [3.63, 3.8) is 0 Å². The molecular formula is C12H10N2O3. The first-order chi connectivity index (χ1) is 8.06. The van der Waals surface area contributed by atoms with Crippen molar-refractivity contribution in [1.29, 1.82) is 0 Å². The molecule has 1 aliphatic heterocycles. The smallest absolute Gasteiger partial charge is 0.317 e. The summed E-state index contributed by atoms with van der Waals surface area (Å²) in [6.07, 6.45) is 1.09. The van der Waals surface area contributed by atoms with Crippen LogP contribution in [0.2, 0.25) is 0 Å². The SMILES string of the molecule is Cc1ccc(C(=O)/C=C2\OC(N)=NC2=O)cc1. The lowest BCUT2D eigenvalue weighted by Gasteiger charge is -1.98. The van der Waals surface area contributed by atoms with E-state index in [-0.39, 0.29) is 17.6 Å². The summed E-state index contributed by atoms with van der Waals surface area (Å²) < 4.78 is 4.81. The summed E-state index contributed by atoms with van der Waals surface area (Å²) in [7, 11) is 0. The summed E-state index contributed by atoms with van der Waals surface area (Å²) in [5.41, 5.74) is 6.73. The highest BCUT2D eigenvalue weighted by Crippen LogP contribution is 2.11. The van der Waals surface area contributed by atoms with Crippen molar-refractivity contribution in [3.05, 3.63) is 47.2 Å². The highest BCUT2D eigenvalue weighted by atomic mass is 16.5. The van der Waals surface area contributed by atoms with Gasteiger partial charge in [0.15, 0.2) is 5.78 Å². The highest BCUT2D eigenvalue weighted by molar-refractivity contribution is 6.12. The molecule has 0 radical (unpaired) electrons. The van der Waals surface area contributed by atoms with Crippen LogP contribution >= 0.6 is 0 Å². The molecule has 0 aliphatic carbocycles. The van der Waals surface area contributed by atoms with Crippen LogP contribution in [0.4, 0.5) is 0 Å². The Morgan fingerprint density at radius 2 is 2.00 bits per heavy atom. The van der Waals surface area contributed by atoms with E-state index in [4.69, 9.17) is 10.5 Å². The molecule has 5 nitrogen and oxygen atoms in total. The fourth-order valence-electron chi connectivity index (χ4n) is 1.35. The van der Waals surface area contributed by atoms with Crippen molar-refractivity contribution < 1.29 is 14.3 Å². The van der Waals surface area contributed by atoms with Crippen LogP contribution in [0.1, 0.15) is 15.9 Å². The number of benzene rings is 1. The molecule has 5 heteroatoms. The zero-order valence-corrected chi connectivity index (χ0v) is 9.14. The molecule has 0 saturated carbocycles. The summed E-state index contributed by atoms with van der Waals surface area (Å²) in [6.45, 7) is 1.92. The minimum absolute atomic E-state index is 0.145. The van der Waals surface area contributed by atoms with Gasteiger partial charge in [-0.1, -0.05) is 29.8 Å².